The van der Waals surface area contributed by atoms with Crippen LogP contribution in [0.15, 0.2) is 24.5 Å². The number of nitrogens with zero attached hydrogens (tertiary/aromatic N) is 3. The van der Waals surface area contributed by atoms with E-state index in [2.05, 4.69) is 35.3 Å². The standard InChI is InChI=1S/C14H20N4/c1-4-12-17-13(11-6-5-7-16-8-11)14(15)18(12)9-10(2)3/h5-8,10H,4,9,15H2,1-3H3. The zero-order valence-corrected chi connectivity index (χ0v) is 11.2. The van der Waals surface area contributed by atoms with E-state index in [9.17, 15) is 0 Å². The zero-order valence-electron chi connectivity index (χ0n) is 11.2. The first kappa shape index (κ1) is 12.6. The summed E-state index contributed by atoms with van der Waals surface area (Å²) < 4.78 is 2.12. The molecule has 4 heteroatoms. The summed E-state index contributed by atoms with van der Waals surface area (Å²) in [6, 6.07) is 3.90. The lowest BCUT2D eigenvalue weighted by Crippen LogP contribution is -2.10. The molecule has 0 atom stereocenters. The summed E-state index contributed by atoms with van der Waals surface area (Å²) in [4.78, 5) is 8.77. The van der Waals surface area contributed by atoms with Crippen molar-refractivity contribution >= 4 is 5.82 Å². The first-order valence-electron chi connectivity index (χ1n) is 6.38. The molecular weight excluding hydrogens is 224 g/mol. The van der Waals surface area contributed by atoms with E-state index < -0.39 is 0 Å². The van der Waals surface area contributed by atoms with Gasteiger partial charge < -0.3 is 10.3 Å². The lowest BCUT2D eigenvalue weighted by molar-refractivity contribution is 0.513. The van der Waals surface area contributed by atoms with Crippen LogP contribution in [-0.4, -0.2) is 14.5 Å². The lowest BCUT2D eigenvalue weighted by Gasteiger charge is -2.11. The van der Waals surface area contributed by atoms with E-state index in [0.29, 0.717) is 5.92 Å². The molecule has 0 bridgehead atoms. The summed E-state index contributed by atoms with van der Waals surface area (Å²) in [5, 5.41) is 0. The molecule has 0 spiro atoms. The largest absolute Gasteiger partial charge is 0.383 e. The summed E-state index contributed by atoms with van der Waals surface area (Å²) in [5.41, 5.74) is 8.06. The predicted octanol–water partition coefficient (Wildman–Crippen LogP) is 2.75. The summed E-state index contributed by atoms with van der Waals surface area (Å²) >= 11 is 0. The number of nitrogen functional groups attached to an aromatic ring is 1. The number of aryl methyl sites for hydroxylation is 1. The molecule has 18 heavy (non-hydrogen) atoms. The van der Waals surface area contributed by atoms with Crippen LogP contribution in [0, 0.1) is 5.92 Å². The molecule has 0 aliphatic carbocycles. The van der Waals surface area contributed by atoms with Gasteiger partial charge in [0.05, 0.1) is 0 Å². The number of nitrogens with two attached hydrogens (primary N) is 1. The second-order valence-electron chi connectivity index (χ2n) is 4.86. The van der Waals surface area contributed by atoms with Crippen LogP contribution < -0.4 is 5.73 Å². The van der Waals surface area contributed by atoms with Crippen molar-refractivity contribution in [3.05, 3.63) is 30.4 Å². The maximum Gasteiger partial charge on any atom is 0.131 e. The second-order valence-corrected chi connectivity index (χ2v) is 4.86. The fourth-order valence-electron chi connectivity index (χ4n) is 2.07. The van der Waals surface area contributed by atoms with Gasteiger partial charge in [0.2, 0.25) is 0 Å². The number of rotatable bonds is 4. The normalized spacial score (nSPS) is 11.1. The molecule has 0 aliphatic heterocycles. The Kier molecular flexibility index (Phi) is 3.65. The molecule has 2 heterocycles. The molecule has 0 fully saturated rings. The van der Waals surface area contributed by atoms with E-state index in [1.807, 2.05) is 12.1 Å². The topological polar surface area (TPSA) is 56.7 Å². The van der Waals surface area contributed by atoms with Crippen molar-refractivity contribution in [1.29, 1.82) is 0 Å². The van der Waals surface area contributed by atoms with E-state index in [0.717, 1.165) is 35.9 Å². The molecule has 2 aromatic heterocycles. The smallest absolute Gasteiger partial charge is 0.131 e. The average Bonchev–Trinajstić information content (AvgIpc) is 2.67. The lowest BCUT2D eigenvalue weighted by atomic mass is 10.2. The second kappa shape index (κ2) is 5.21. The number of hydrogen-bond acceptors (Lipinski definition) is 3. The number of anilines is 1. The van der Waals surface area contributed by atoms with Crippen LogP contribution in [-0.2, 0) is 13.0 Å². The monoisotopic (exact) mass is 244 g/mol. The van der Waals surface area contributed by atoms with Gasteiger partial charge in [-0.3, -0.25) is 4.98 Å². The van der Waals surface area contributed by atoms with Crippen molar-refractivity contribution in [3.63, 3.8) is 0 Å². The van der Waals surface area contributed by atoms with Crippen LogP contribution in [0.4, 0.5) is 5.82 Å². The van der Waals surface area contributed by atoms with Crippen molar-refractivity contribution < 1.29 is 0 Å². The van der Waals surface area contributed by atoms with Crippen molar-refractivity contribution in [3.8, 4) is 11.3 Å². The minimum Gasteiger partial charge on any atom is -0.383 e. The predicted molar refractivity (Wildman–Crippen MR) is 74.1 cm³/mol. The first-order valence-corrected chi connectivity index (χ1v) is 6.38. The Morgan fingerprint density at radius 2 is 2.17 bits per heavy atom. The summed E-state index contributed by atoms with van der Waals surface area (Å²) in [7, 11) is 0. The van der Waals surface area contributed by atoms with Crippen LogP contribution in [0.25, 0.3) is 11.3 Å². The quantitative estimate of drug-likeness (QED) is 0.899. The van der Waals surface area contributed by atoms with Crippen molar-refractivity contribution in [2.75, 3.05) is 5.73 Å². The number of aromatic nitrogens is 3. The minimum atomic E-state index is 0.550. The first-order chi connectivity index (χ1) is 8.63. The average molecular weight is 244 g/mol. The fourth-order valence-corrected chi connectivity index (χ4v) is 2.07. The maximum atomic E-state index is 6.23. The Hall–Kier alpha value is -1.84. The van der Waals surface area contributed by atoms with Gasteiger partial charge in [-0.15, -0.1) is 0 Å². The SMILES string of the molecule is CCc1nc(-c2cccnc2)c(N)n1CC(C)C. The van der Waals surface area contributed by atoms with Gasteiger partial charge in [-0.2, -0.15) is 0 Å². The highest BCUT2D eigenvalue weighted by Gasteiger charge is 2.15. The van der Waals surface area contributed by atoms with Gasteiger partial charge in [0, 0.05) is 30.9 Å². The molecule has 0 aliphatic rings. The van der Waals surface area contributed by atoms with Gasteiger partial charge in [-0.05, 0) is 18.1 Å². The molecule has 0 amide bonds. The Morgan fingerprint density at radius 3 is 2.72 bits per heavy atom. The number of hydrogen-bond donors (Lipinski definition) is 1. The molecule has 96 valence electrons. The molecular formula is C14H20N4. The van der Waals surface area contributed by atoms with E-state index in [1.54, 1.807) is 12.4 Å². The van der Waals surface area contributed by atoms with Gasteiger partial charge in [0.25, 0.3) is 0 Å². The molecule has 2 aromatic rings. The molecule has 2 rings (SSSR count). The number of pyridine rings is 1. The minimum absolute atomic E-state index is 0.550. The Morgan fingerprint density at radius 1 is 1.39 bits per heavy atom. The van der Waals surface area contributed by atoms with Crippen molar-refractivity contribution in [2.45, 2.75) is 33.7 Å². The Labute approximate surface area is 108 Å². The third kappa shape index (κ3) is 2.37. The third-order valence-electron chi connectivity index (χ3n) is 2.88. The summed E-state index contributed by atoms with van der Waals surface area (Å²) in [5.74, 6) is 2.34. The molecule has 0 unspecified atom stereocenters. The molecule has 0 saturated heterocycles. The van der Waals surface area contributed by atoms with Crippen LogP contribution in [0.5, 0.6) is 0 Å². The Balaban J connectivity index is 2.47. The van der Waals surface area contributed by atoms with Crippen LogP contribution >= 0.6 is 0 Å². The van der Waals surface area contributed by atoms with Gasteiger partial charge in [-0.25, -0.2) is 4.98 Å². The van der Waals surface area contributed by atoms with Gasteiger partial charge in [-0.1, -0.05) is 20.8 Å². The highest BCUT2D eigenvalue weighted by Crippen LogP contribution is 2.26. The fraction of sp³-hybridized carbons (Fsp3) is 0.429. The van der Waals surface area contributed by atoms with Gasteiger partial charge >= 0.3 is 0 Å². The van der Waals surface area contributed by atoms with Gasteiger partial charge in [0.1, 0.15) is 17.3 Å². The summed E-state index contributed by atoms with van der Waals surface area (Å²) in [6.07, 6.45) is 4.45. The van der Waals surface area contributed by atoms with Gasteiger partial charge in [0.15, 0.2) is 0 Å². The van der Waals surface area contributed by atoms with E-state index in [1.165, 1.54) is 0 Å². The highest BCUT2D eigenvalue weighted by molar-refractivity contribution is 5.70. The summed E-state index contributed by atoms with van der Waals surface area (Å²) in [6.45, 7) is 7.37. The van der Waals surface area contributed by atoms with Crippen molar-refractivity contribution in [1.82, 2.24) is 14.5 Å². The number of imidazole rings is 1. The molecule has 0 saturated carbocycles. The van der Waals surface area contributed by atoms with Crippen molar-refractivity contribution in [2.24, 2.45) is 5.92 Å². The van der Waals surface area contributed by atoms with Crippen LogP contribution in [0.3, 0.4) is 0 Å². The Bertz CT molecular complexity index is 514. The molecule has 0 radical (unpaired) electrons. The van der Waals surface area contributed by atoms with Crippen LogP contribution in [0.1, 0.15) is 26.6 Å². The van der Waals surface area contributed by atoms with E-state index >= 15 is 0 Å². The third-order valence-corrected chi connectivity index (χ3v) is 2.88. The van der Waals surface area contributed by atoms with E-state index in [4.69, 9.17) is 5.73 Å². The molecule has 0 aromatic carbocycles. The maximum absolute atomic E-state index is 6.23. The van der Waals surface area contributed by atoms with Crippen LogP contribution in [0.2, 0.25) is 0 Å². The molecule has 2 N–H and O–H groups in total. The molecule has 4 nitrogen and oxygen atoms in total. The zero-order chi connectivity index (χ0) is 13.1. The van der Waals surface area contributed by atoms with E-state index in [-0.39, 0.29) is 0 Å². The highest BCUT2D eigenvalue weighted by atomic mass is 15.1.